The first-order chi connectivity index (χ1) is 33.1. The van der Waals surface area contributed by atoms with Gasteiger partial charge in [-0.15, -0.1) is 0 Å². The van der Waals surface area contributed by atoms with Gasteiger partial charge in [0.2, 0.25) is 0 Å². The highest BCUT2D eigenvalue weighted by molar-refractivity contribution is 5.86. The van der Waals surface area contributed by atoms with Crippen LogP contribution in [-0.4, -0.2) is 0 Å². The fourth-order valence-corrected chi connectivity index (χ4v) is 10.2. The van der Waals surface area contributed by atoms with Crippen molar-refractivity contribution in [3.63, 3.8) is 0 Å². The summed E-state index contributed by atoms with van der Waals surface area (Å²) >= 11 is 0. The van der Waals surface area contributed by atoms with Gasteiger partial charge in [-0.1, -0.05) is 223 Å². The quantitative estimate of drug-likeness (QED) is 0.0556. The summed E-state index contributed by atoms with van der Waals surface area (Å²) < 4.78 is 0. The minimum absolute atomic E-state index is 0.0141. The highest BCUT2D eigenvalue weighted by Crippen LogP contribution is 2.55. The van der Waals surface area contributed by atoms with Crippen LogP contribution in [0.3, 0.4) is 0 Å². The number of hydrogen-bond donors (Lipinski definition) is 0. The van der Waals surface area contributed by atoms with Gasteiger partial charge >= 0.3 is 0 Å². The molecule has 1 aliphatic rings. The second-order valence-electron chi connectivity index (χ2n) is 18.2. The molecule has 9 rings (SSSR count). The lowest BCUT2D eigenvalue weighted by Crippen LogP contribution is -2.25. The number of anilines is 6. The fraction of sp³-hybridized carbons (Fsp3) is 0.200. The predicted octanol–water partition coefficient (Wildman–Crippen LogP) is 19.2. The van der Waals surface area contributed by atoms with Crippen LogP contribution in [0.1, 0.15) is 111 Å². The van der Waals surface area contributed by atoms with Crippen molar-refractivity contribution in [1.29, 1.82) is 0 Å². The highest BCUT2D eigenvalue weighted by Gasteiger charge is 2.42. The Kier molecular flexibility index (Phi) is 14.7. The van der Waals surface area contributed by atoms with E-state index < -0.39 is 0 Å². The monoisotopic (exact) mass is 873 g/mol. The Balaban J connectivity index is 1.01. The molecule has 0 saturated carbocycles. The lowest BCUT2D eigenvalue weighted by molar-refractivity contribution is 0.401. The average Bonchev–Trinajstić information content (AvgIpc) is 3.65. The SMILES string of the molecule is CCCCCCC1(CCCCCC)c2cc(/C=C/c3ccc(N(c4ccccc4)c4ccccc4)cc3)ccc2-c2ccc(/C=C/c3ccc(N(c4ccccc4)c4ccccc4)cc3)cc21. The molecule has 0 N–H and O–H groups in total. The summed E-state index contributed by atoms with van der Waals surface area (Å²) in [6, 6.07) is 75.0. The van der Waals surface area contributed by atoms with Gasteiger partial charge in [0.15, 0.2) is 0 Å². The molecule has 67 heavy (non-hydrogen) atoms. The molecule has 334 valence electrons. The number of nitrogens with zero attached hydrogens (tertiary/aromatic N) is 2. The molecule has 8 aromatic carbocycles. The van der Waals surface area contributed by atoms with Crippen molar-refractivity contribution in [1.82, 2.24) is 0 Å². The molecule has 0 aromatic heterocycles. The van der Waals surface area contributed by atoms with E-state index in [1.54, 1.807) is 0 Å². The minimum atomic E-state index is -0.0141. The third-order valence-corrected chi connectivity index (χ3v) is 13.6. The summed E-state index contributed by atoms with van der Waals surface area (Å²) in [5.74, 6) is 0. The normalized spacial score (nSPS) is 12.6. The minimum Gasteiger partial charge on any atom is -0.311 e. The molecule has 8 aromatic rings. The van der Waals surface area contributed by atoms with Crippen molar-refractivity contribution in [3.8, 4) is 11.1 Å². The van der Waals surface area contributed by atoms with Crippen LogP contribution in [0.4, 0.5) is 34.1 Å². The number of rotatable bonds is 20. The Bertz CT molecular complexity index is 2560. The van der Waals surface area contributed by atoms with Crippen LogP contribution in [0, 0.1) is 0 Å². The third-order valence-electron chi connectivity index (χ3n) is 13.6. The molecule has 1 aliphatic carbocycles. The first-order valence-electron chi connectivity index (χ1n) is 24.8. The second kappa shape index (κ2) is 21.9. The molecular formula is C65H64N2. The molecule has 0 radical (unpaired) electrons. The number of para-hydroxylation sites is 4. The van der Waals surface area contributed by atoms with Crippen molar-refractivity contribution < 1.29 is 0 Å². The summed E-state index contributed by atoms with van der Waals surface area (Å²) in [4.78, 5) is 4.63. The van der Waals surface area contributed by atoms with E-state index in [1.807, 2.05) is 0 Å². The van der Waals surface area contributed by atoms with E-state index in [4.69, 9.17) is 0 Å². The topological polar surface area (TPSA) is 6.48 Å². The summed E-state index contributed by atoms with van der Waals surface area (Å²) in [7, 11) is 0. The predicted molar refractivity (Wildman–Crippen MR) is 290 cm³/mol. The molecule has 0 fully saturated rings. The van der Waals surface area contributed by atoms with Crippen molar-refractivity contribution in [2.24, 2.45) is 0 Å². The van der Waals surface area contributed by atoms with Crippen LogP contribution < -0.4 is 9.80 Å². The molecule has 2 nitrogen and oxygen atoms in total. The van der Waals surface area contributed by atoms with Gasteiger partial charge in [0.05, 0.1) is 0 Å². The summed E-state index contributed by atoms with van der Waals surface area (Å²) in [6.45, 7) is 4.65. The molecule has 0 heterocycles. The van der Waals surface area contributed by atoms with Gasteiger partial charge in [0.25, 0.3) is 0 Å². The number of fused-ring (bicyclic) bond motifs is 3. The average molecular weight is 873 g/mol. The van der Waals surface area contributed by atoms with E-state index in [0.29, 0.717) is 0 Å². The Morgan fingerprint density at radius 2 is 0.612 bits per heavy atom. The molecule has 0 amide bonds. The van der Waals surface area contributed by atoms with Crippen molar-refractivity contribution in [2.45, 2.75) is 83.5 Å². The van der Waals surface area contributed by atoms with Gasteiger partial charge in [-0.3, -0.25) is 0 Å². The van der Waals surface area contributed by atoms with Crippen molar-refractivity contribution in [2.75, 3.05) is 9.80 Å². The molecule has 0 aliphatic heterocycles. The van der Waals surface area contributed by atoms with Gasteiger partial charge < -0.3 is 9.80 Å². The summed E-state index contributed by atoms with van der Waals surface area (Å²) in [5, 5.41) is 0. The Morgan fingerprint density at radius 3 is 0.940 bits per heavy atom. The van der Waals surface area contributed by atoms with Gasteiger partial charge in [-0.2, -0.15) is 0 Å². The van der Waals surface area contributed by atoms with Gasteiger partial charge in [-0.05, 0) is 130 Å². The Labute approximate surface area is 400 Å². The maximum Gasteiger partial charge on any atom is 0.0462 e. The molecule has 0 spiro atoms. The van der Waals surface area contributed by atoms with E-state index in [9.17, 15) is 0 Å². The lowest BCUT2D eigenvalue weighted by Gasteiger charge is -2.33. The third kappa shape index (κ3) is 10.5. The Morgan fingerprint density at radius 1 is 0.313 bits per heavy atom. The number of unbranched alkanes of at least 4 members (excludes halogenated alkanes) is 6. The number of benzene rings is 8. The van der Waals surface area contributed by atoms with Crippen LogP contribution in [0.5, 0.6) is 0 Å². The molecule has 0 unspecified atom stereocenters. The van der Waals surface area contributed by atoms with E-state index in [0.717, 1.165) is 34.1 Å². The van der Waals surface area contributed by atoms with E-state index in [1.165, 1.54) is 109 Å². The summed E-state index contributed by atoms with van der Waals surface area (Å²) in [5.41, 5.74) is 17.6. The summed E-state index contributed by atoms with van der Waals surface area (Å²) in [6.07, 6.45) is 21.7. The van der Waals surface area contributed by atoms with Crippen LogP contribution in [0.15, 0.2) is 206 Å². The molecular weight excluding hydrogens is 809 g/mol. The van der Waals surface area contributed by atoms with Crippen LogP contribution in [0.2, 0.25) is 0 Å². The zero-order valence-electron chi connectivity index (χ0n) is 39.4. The highest BCUT2D eigenvalue weighted by atomic mass is 15.1. The lowest BCUT2D eigenvalue weighted by atomic mass is 9.70. The van der Waals surface area contributed by atoms with E-state index in [2.05, 4.69) is 254 Å². The Hall–Kier alpha value is -7.16. The first-order valence-corrected chi connectivity index (χ1v) is 24.8. The van der Waals surface area contributed by atoms with Crippen LogP contribution >= 0.6 is 0 Å². The van der Waals surface area contributed by atoms with Crippen LogP contribution in [-0.2, 0) is 5.41 Å². The molecule has 0 atom stereocenters. The van der Waals surface area contributed by atoms with Crippen LogP contribution in [0.25, 0.3) is 35.4 Å². The van der Waals surface area contributed by atoms with E-state index in [-0.39, 0.29) is 5.41 Å². The molecule has 0 saturated heterocycles. The number of hydrogen-bond acceptors (Lipinski definition) is 2. The largest absolute Gasteiger partial charge is 0.311 e. The molecule has 0 bridgehead atoms. The van der Waals surface area contributed by atoms with Crippen molar-refractivity contribution >= 4 is 58.4 Å². The van der Waals surface area contributed by atoms with Gasteiger partial charge in [-0.25, -0.2) is 0 Å². The van der Waals surface area contributed by atoms with Gasteiger partial charge in [0, 0.05) is 39.5 Å². The smallest absolute Gasteiger partial charge is 0.0462 e. The maximum atomic E-state index is 2.54. The van der Waals surface area contributed by atoms with Crippen molar-refractivity contribution in [3.05, 3.63) is 240 Å². The standard InChI is InChI=1S/C65H64N2/c1-3-5-7-21-47-65(48-22-8-6-4-2)63-49-53(33-31-51-35-41-59(42-36-51)66(55-23-13-9-14-24-55)56-25-15-10-16-26-56)39-45-61(63)62-46-40-54(50-64(62)65)34-32-52-37-43-60(44-38-52)67(57-27-17-11-18-28-57)58-29-19-12-20-30-58/h9-20,23-46,49-50H,3-8,21-22,47-48H2,1-2H3/b33-31+,34-32+. The fourth-order valence-electron chi connectivity index (χ4n) is 10.2. The maximum absolute atomic E-state index is 2.54. The van der Waals surface area contributed by atoms with E-state index >= 15 is 0 Å². The zero-order valence-corrected chi connectivity index (χ0v) is 39.4. The second-order valence-corrected chi connectivity index (χ2v) is 18.2. The molecule has 2 heteroatoms. The zero-order chi connectivity index (χ0) is 45.7. The van der Waals surface area contributed by atoms with Gasteiger partial charge in [0.1, 0.15) is 0 Å². The first kappa shape index (κ1) is 45.0.